The van der Waals surface area contributed by atoms with E-state index in [9.17, 15) is 43.8 Å². The summed E-state index contributed by atoms with van der Waals surface area (Å²) in [6.07, 6.45) is 2.49. The fourth-order valence-electron chi connectivity index (χ4n) is 12.1. The third-order valence-corrected chi connectivity index (χ3v) is 20.4. The van der Waals surface area contributed by atoms with Gasteiger partial charge in [-0.2, -0.15) is 13.5 Å². The molecule has 1 unspecified atom stereocenters. The zero-order valence-corrected chi connectivity index (χ0v) is 73.0. The largest absolute Gasteiger partial charge is 0.508 e. The highest BCUT2D eigenvalue weighted by Gasteiger charge is 2.35. The topological polar surface area (TPSA) is 255 Å². The van der Waals surface area contributed by atoms with Crippen LogP contribution in [-0.2, 0) is 116 Å². The maximum Gasteiger partial charge on any atom is 0.488 e. The molecule has 608 valence electrons. The Kier molecular flexibility index (Phi) is 41.1. The van der Waals surface area contributed by atoms with E-state index in [0.29, 0.717) is 87.0 Å². The van der Waals surface area contributed by atoms with Crippen molar-refractivity contribution in [1.82, 2.24) is 5.32 Å². The van der Waals surface area contributed by atoms with Gasteiger partial charge >= 0.3 is 18.7 Å². The number of rotatable bonds is 14. The number of phenols is 3. The predicted molar refractivity (Wildman–Crippen MR) is 515 cm³/mol. The Hall–Kier alpha value is -11.8. The number of hydrogen-bond donors (Lipinski definition) is 6. The van der Waals surface area contributed by atoms with Crippen LogP contribution in [0.3, 0.4) is 0 Å². The van der Waals surface area contributed by atoms with E-state index in [1.807, 2.05) is 206 Å². The molecule has 0 saturated carbocycles. The summed E-state index contributed by atoms with van der Waals surface area (Å²) in [4.78, 5) is 83.7. The molecule has 121 heavy (non-hydrogen) atoms. The van der Waals surface area contributed by atoms with Gasteiger partial charge in [0, 0.05) is 129 Å². The fourth-order valence-corrected chi connectivity index (χ4v) is 12.4. The molecular weight excluding hydrogens is 1730 g/mol. The van der Waals surface area contributed by atoms with Crippen LogP contribution >= 0.6 is 25.7 Å². The summed E-state index contributed by atoms with van der Waals surface area (Å²) in [7, 11) is 1.92. The van der Waals surface area contributed by atoms with Gasteiger partial charge < -0.3 is 39.8 Å². The van der Waals surface area contributed by atoms with Gasteiger partial charge in [-0.1, -0.05) is 291 Å². The standard InChI is InChI=1S/C24H19NO2S.C22H16O3.C22H14O3.C13H10O2.C7H6O2.C6H7BO2.S4.S3.S2.H2S/c26-22-12-11-18(16-7-3-1-4-8-16)13-19(22)14-21-20(15-23(28)25-24(21)27)17-9-5-2-6-10-17;2*23-21(16-9-5-2-6-10-16)19-14-18-13-17(15-7-3-1-4-8-15)11-12-20(18)25-22(19)24;14-9-12-8-11(6-7-13(12)15)10-4-2-1-3-5-10;8-5-6-3-1-2-4-7(6)9;8-7(9)6-4-2-1-3-5-6;1-3-4-2;1-3-2;1-2;/h1-13,26H,14-15H2,(H,25,27,28);1-13,19H,14H2;1-14H;1-9,15H;1-5,9H;1-5,8-9H;;;;1H2. The van der Waals surface area contributed by atoms with E-state index < -0.39 is 24.6 Å². The molecule has 3 heterocycles. The quantitative estimate of drug-likeness (QED) is 0.00864. The number of thiocarbonyl (C=S) groups is 1. The number of amides is 1. The molecule has 15 nitrogen and oxygen atoms in total. The lowest BCUT2D eigenvalue weighted by molar-refractivity contribution is -0.138. The number of phenolic OH excluding ortho intramolecular Hbond substituents is 3. The lowest BCUT2D eigenvalue weighted by atomic mass is 9.81. The first-order valence-corrected chi connectivity index (χ1v) is 44.6. The van der Waals surface area contributed by atoms with E-state index in [-0.39, 0.29) is 53.8 Å². The number of ketones is 2. The first-order valence-electron chi connectivity index (χ1n) is 36.2. The SMILES string of the molecule is O=C(c1ccccc1)c1cc2cc(-c3ccccc3)ccc2oc1=O.O=C1NC(=S)CC(c2ccccc2)=C1Cc1cc(-c2ccccc2)ccc1O.O=C1Oc2ccc(-c3ccccc3)cc2CC1C(=O)c1ccccc1.O=Cc1cc(-c2ccccc2)ccc1O.O=Cc1ccccc1O.OB(O)c1ccccc1.S.S=S.S=S=S.S=S=S=S. The van der Waals surface area contributed by atoms with E-state index in [0.717, 1.165) is 75.5 Å². The summed E-state index contributed by atoms with van der Waals surface area (Å²) in [6, 6.07) is 106. The second-order valence-corrected chi connectivity index (χ2v) is 31.3. The Morgan fingerprint density at radius 2 is 0.876 bits per heavy atom. The number of aldehydes is 2. The zero-order valence-electron chi connectivity index (χ0n) is 63.8. The molecule has 0 radical (unpaired) electrons. The van der Waals surface area contributed by atoms with E-state index in [4.69, 9.17) is 36.5 Å². The first kappa shape index (κ1) is 96.4. The minimum atomic E-state index is -1.34. The highest BCUT2D eigenvalue weighted by Crippen LogP contribution is 2.36. The second-order valence-electron chi connectivity index (χ2n) is 25.5. The number of aromatic hydroxyl groups is 3. The van der Waals surface area contributed by atoms with Crippen LogP contribution in [0.25, 0.3) is 61.0 Å². The minimum Gasteiger partial charge on any atom is -0.508 e. The van der Waals surface area contributed by atoms with Crippen molar-refractivity contribution >= 4 is 190 Å². The summed E-state index contributed by atoms with van der Waals surface area (Å²) in [5.41, 5.74) is 14.4. The summed E-state index contributed by atoms with van der Waals surface area (Å²) in [5, 5.41) is 49.3. The van der Waals surface area contributed by atoms with Gasteiger partial charge in [0.25, 0.3) is 5.91 Å². The van der Waals surface area contributed by atoms with Crippen LogP contribution in [0.5, 0.6) is 23.0 Å². The zero-order chi connectivity index (χ0) is 86.1. The Bertz CT molecular complexity index is 6040. The highest BCUT2D eigenvalue weighted by atomic mass is 33.2. The molecule has 0 aliphatic carbocycles. The summed E-state index contributed by atoms with van der Waals surface area (Å²) in [5.74, 6) is -1.21. The van der Waals surface area contributed by atoms with E-state index in [1.165, 1.54) is 29.9 Å². The van der Waals surface area contributed by atoms with Gasteiger partial charge in [-0.15, -0.1) is 0 Å². The molecule has 6 N–H and O–H groups in total. The van der Waals surface area contributed by atoms with Crippen LogP contribution in [0.4, 0.5) is 0 Å². The monoisotopic (exact) mass is 1800 g/mol. The van der Waals surface area contributed by atoms with E-state index in [1.54, 1.807) is 127 Å². The van der Waals surface area contributed by atoms with Crippen LogP contribution in [0.2, 0.25) is 0 Å². The van der Waals surface area contributed by atoms with Crippen molar-refractivity contribution in [3.8, 4) is 67.5 Å². The number of para-hydroxylation sites is 1. The van der Waals surface area contributed by atoms with Gasteiger partial charge in [0.2, 0.25) is 0 Å². The van der Waals surface area contributed by atoms with Gasteiger partial charge in [-0.25, -0.2) is 4.79 Å². The molecule has 27 heteroatoms. The lowest BCUT2D eigenvalue weighted by Gasteiger charge is -2.23. The average Bonchev–Trinajstić information content (AvgIpc) is 0.797. The van der Waals surface area contributed by atoms with Gasteiger partial charge in [-0.05, 0) is 145 Å². The Morgan fingerprint density at radius 1 is 0.463 bits per heavy atom. The molecule has 13 aromatic carbocycles. The average molecular weight is 1810 g/mol. The van der Waals surface area contributed by atoms with Crippen LogP contribution in [0, 0.1) is 5.92 Å². The van der Waals surface area contributed by atoms with E-state index >= 15 is 0 Å². The molecule has 16 rings (SSSR count). The van der Waals surface area contributed by atoms with Gasteiger partial charge in [0.1, 0.15) is 40.1 Å². The number of Topliss-reactive ketones (excluding diaryl/α,β-unsaturated/α-hetero) is 1. The number of fused-ring (bicyclic) bond motifs is 2. The Morgan fingerprint density at radius 3 is 1.35 bits per heavy atom. The molecule has 0 bridgehead atoms. The number of ether oxygens (including phenoxy) is 1. The normalized spacial score (nSPS) is 11.7. The Balaban J connectivity index is 0.000000203. The molecule has 1 atom stereocenters. The van der Waals surface area contributed by atoms with E-state index in [2.05, 4.69) is 72.4 Å². The maximum absolute atomic E-state index is 12.7. The third kappa shape index (κ3) is 29.3. The number of nitrogens with one attached hydrogen (secondary N) is 1. The van der Waals surface area contributed by atoms with Crippen molar-refractivity contribution in [2.45, 2.75) is 19.3 Å². The molecule has 1 aromatic heterocycles. The second kappa shape index (κ2) is 51.6. The molecule has 2 aliphatic rings. The summed E-state index contributed by atoms with van der Waals surface area (Å²) < 4.78 is 10.8. The van der Waals surface area contributed by atoms with Crippen LogP contribution in [-0.4, -0.2) is 73.5 Å². The molecule has 14 aromatic rings. The van der Waals surface area contributed by atoms with Crippen molar-refractivity contribution in [3.63, 3.8) is 0 Å². The van der Waals surface area contributed by atoms with Crippen molar-refractivity contribution in [2.75, 3.05) is 0 Å². The fraction of sp³-hybridized carbons (Fsp3) is 0.0426. The summed E-state index contributed by atoms with van der Waals surface area (Å²) >= 11 is 29.5. The smallest absolute Gasteiger partial charge is 0.488 e. The van der Waals surface area contributed by atoms with Gasteiger partial charge in [0.15, 0.2) is 24.1 Å². The predicted octanol–water partition coefficient (Wildman–Crippen LogP) is 17.4. The van der Waals surface area contributed by atoms with Crippen molar-refractivity contribution in [1.29, 1.82) is 0 Å². The third-order valence-electron chi connectivity index (χ3n) is 17.9. The van der Waals surface area contributed by atoms with Crippen molar-refractivity contribution in [3.05, 3.63) is 406 Å². The number of carbonyl (C=O) groups is 6. The lowest BCUT2D eigenvalue weighted by Crippen LogP contribution is -2.35. The molecular formula is C94H74BNO14S11. The van der Waals surface area contributed by atoms with Crippen molar-refractivity contribution in [2.24, 2.45) is 5.92 Å². The number of esters is 1. The minimum absolute atomic E-state index is 0. The van der Waals surface area contributed by atoms with Crippen molar-refractivity contribution < 1.29 is 63.3 Å². The number of benzene rings is 13. The molecule has 0 saturated heterocycles. The molecule has 2 aliphatic heterocycles. The number of hydrogen-bond acceptors (Lipinski definition) is 21. The van der Waals surface area contributed by atoms with Gasteiger partial charge in [-0.3, -0.25) is 28.8 Å². The maximum atomic E-state index is 12.7. The van der Waals surface area contributed by atoms with Crippen LogP contribution in [0.15, 0.2) is 361 Å². The highest BCUT2D eigenvalue weighted by molar-refractivity contribution is 8.51. The van der Waals surface area contributed by atoms with Crippen LogP contribution < -0.4 is 21.1 Å². The summed E-state index contributed by atoms with van der Waals surface area (Å²) in [6.45, 7) is 0. The molecule has 1 amide bonds. The Labute approximate surface area is 750 Å². The van der Waals surface area contributed by atoms with Gasteiger partial charge in [0.05, 0.1) is 16.1 Å². The molecule has 0 spiro atoms. The molecule has 0 fully saturated rings. The van der Waals surface area contributed by atoms with Crippen LogP contribution in [0.1, 0.15) is 70.1 Å². The first-order chi connectivity index (χ1) is 58.3. The number of carbonyl (C=O) groups excluding carboxylic acids is 6.